The molecule has 0 aliphatic heterocycles. The van der Waals surface area contributed by atoms with E-state index in [9.17, 15) is 9.18 Å². The quantitative estimate of drug-likeness (QED) is 0.349. The lowest BCUT2D eigenvalue weighted by Crippen LogP contribution is -2.21. The molecule has 5 aromatic rings. The predicted octanol–water partition coefficient (Wildman–Crippen LogP) is 5.15. The maximum absolute atomic E-state index is 14.7. The number of halogens is 2. The average Bonchev–Trinajstić information content (AvgIpc) is 3.25. The Kier molecular flexibility index (Phi) is 5.07. The molecular formula is C24H16BrFN4O2. The predicted molar refractivity (Wildman–Crippen MR) is 124 cm³/mol. The van der Waals surface area contributed by atoms with Gasteiger partial charge in [-0.2, -0.15) is 0 Å². The lowest BCUT2D eigenvalue weighted by Gasteiger charge is -2.13. The van der Waals surface area contributed by atoms with Crippen LogP contribution >= 0.6 is 15.9 Å². The molecule has 158 valence electrons. The number of rotatable bonds is 4. The summed E-state index contributed by atoms with van der Waals surface area (Å²) in [4.78, 5) is 18.2. The van der Waals surface area contributed by atoms with Gasteiger partial charge in [0.05, 0.1) is 24.0 Å². The number of aromatic nitrogens is 4. The highest BCUT2D eigenvalue weighted by molar-refractivity contribution is 9.10. The van der Waals surface area contributed by atoms with E-state index in [1.807, 2.05) is 24.3 Å². The van der Waals surface area contributed by atoms with Gasteiger partial charge in [-0.25, -0.2) is 14.1 Å². The number of ether oxygens (including phenoxy) is 1. The first-order valence-electron chi connectivity index (χ1n) is 9.73. The number of methoxy groups -OCH3 is 1. The van der Waals surface area contributed by atoms with E-state index in [0.717, 1.165) is 10.2 Å². The topological polar surface area (TPSA) is 61.9 Å². The number of nitrogens with zero attached hydrogens (tertiary/aromatic N) is 4. The van der Waals surface area contributed by atoms with Gasteiger partial charge in [-0.15, -0.1) is 5.10 Å². The molecule has 0 fully saturated rings. The van der Waals surface area contributed by atoms with Gasteiger partial charge in [-0.1, -0.05) is 28.1 Å². The summed E-state index contributed by atoms with van der Waals surface area (Å²) < 4.78 is 23.8. The number of hydrogen-bond acceptors (Lipinski definition) is 4. The van der Waals surface area contributed by atoms with Crippen LogP contribution in [0.1, 0.15) is 0 Å². The first-order valence-corrected chi connectivity index (χ1v) is 10.5. The Labute approximate surface area is 190 Å². The van der Waals surface area contributed by atoms with Crippen LogP contribution in [0.4, 0.5) is 4.39 Å². The minimum absolute atomic E-state index is 0.183. The van der Waals surface area contributed by atoms with Gasteiger partial charge in [0.1, 0.15) is 17.0 Å². The van der Waals surface area contributed by atoms with E-state index in [1.165, 1.54) is 10.6 Å². The van der Waals surface area contributed by atoms with Gasteiger partial charge in [0.15, 0.2) is 11.5 Å². The molecule has 0 amide bonds. The highest BCUT2D eigenvalue weighted by Crippen LogP contribution is 2.25. The van der Waals surface area contributed by atoms with Gasteiger partial charge < -0.3 is 4.74 Å². The molecule has 0 saturated heterocycles. The summed E-state index contributed by atoms with van der Waals surface area (Å²) in [6, 6.07) is 20.7. The summed E-state index contributed by atoms with van der Waals surface area (Å²) in [6.07, 6.45) is 1.63. The van der Waals surface area contributed by atoms with Crippen LogP contribution in [-0.2, 0) is 0 Å². The van der Waals surface area contributed by atoms with Gasteiger partial charge in [0.2, 0.25) is 0 Å². The molecule has 0 aliphatic rings. The van der Waals surface area contributed by atoms with Crippen LogP contribution in [0.15, 0.2) is 88.3 Å². The fourth-order valence-corrected chi connectivity index (χ4v) is 3.75. The van der Waals surface area contributed by atoms with E-state index < -0.39 is 5.82 Å². The lowest BCUT2D eigenvalue weighted by atomic mass is 10.1. The van der Waals surface area contributed by atoms with Crippen molar-refractivity contribution in [1.29, 1.82) is 0 Å². The van der Waals surface area contributed by atoms with Crippen molar-refractivity contribution in [1.82, 2.24) is 19.3 Å². The molecular weight excluding hydrogens is 475 g/mol. The standard InChI is InChI=1S/C24H16BrFN4O2/c1-32-18-12-10-16(11-13-18)29-14-20-22(28-29)27-23(19-4-2-3-5-21(19)26)30(24(20)31)17-8-6-15(25)7-9-17/h2-14H,1H3. The molecule has 0 bridgehead atoms. The molecule has 0 unspecified atom stereocenters. The Morgan fingerprint density at radius 1 is 0.938 bits per heavy atom. The summed E-state index contributed by atoms with van der Waals surface area (Å²) in [5.74, 6) is 0.421. The van der Waals surface area contributed by atoms with Gasteiger partial charge in [-0.3, -0.25) is 9.36 Å². The van der Waals surface area contributed by atoms with Gasteiger partial charge in [-0.05, 0) is 60.7 Å². The van der Waals surface area contributed by atoms with E-state index in [0.29, 0.717) is 16.8 Å². The maximum Gasteiger partial charge on any atom is 0.269 e. The van der Waals surface area contributed by atoms with Crippen molar-refractivity contribution in [2.45, 2.75) is 0 Å². The van der Waals surface area contributed by atoms with Crippen molar-refractivity contribution in [3.8, 4) is 28.5 Å². The molecule has 0 spiro atoms. The van der Waals surface area contributed by atoms with Crippen LogP contribution in [0.25, 0.3) is 33.8 Å². The van der Waals surface area contributed by atoms with Crippen molar-refractivity contribution < 1.29 is 9.13 Å². The Balaban J connectivity index is 1.78. The molecule has 5 rings (SSSR count). The third-order valence-corrected chi connectivity index (χ3v) is 5.62. The second-order valence-corrected chi connectivity index (χ2v) is 7.96. The van der Waals surface area contributed by atoms with Crippen molar-refractivity contribution in [3.05, 3.63) is 99.6 Å². The molecule has 32 heavy (non-hydrogen) atoms. The minimum atomic E-state index is -0.473. The summed E-state index contributed by atoms with van der Waals surface area (Å²) >= 11 is 3.41. The lowest BCUT2D eigenvalue weighted by molar-refractivity contribution is 0.414. The zero-order chi connectivity index (χ0) is 22.2. The van der Waals surface area contributed by atoms with E-state index in [2.05, 4.69) is 26.0 Å². The molecule has 3 aromatic carbocycles. The zero-order valence-electron chi connectivity index (χ0n) is 16.9. The first-order chi connectivity index (χ1) is 15.5. The third-order valence-electron chi connectivity index (χ3n) is 5.09. The van der Waals surface area contributed by atoms with Gasteiger partial charge in [0.25, 0.3) is 5.56 Å². The Morgan fingerprint density at radius 3 is 2.31 bits per heavy atom. The molecule has 0 saturated carbocycles. The molecule has 0 radical (unpaired) electrons. The normalized spacial score (nSPS) is 11.1. The molecule has 2 heterocycles. The Hall–Kier alpha value is -3.78. The summed E-state index contributed by atoms with van der Waals surface area (Å²) in [7, 11) is 1.59. The van der Waals surface area contributed by atoms with Crippen molar-refractivity contribution in [2.24, 2.45) is 0 Å². The van der Waals surface area contributed by atoms with Crippen LogP contribution in [-0.4, -0.2) is 26.4 Å². The summed E-state index contributed by atoms with van der Waals surface area (Å²) in [6.45, 7) is 0. The number of fused-ring (bicyclic) bond motifs is 1. The molecule has 0 N–H and O–H groups in total. The zero-order valence-corrected chi connectivity index (χ0v) is 18.5. The fourth-order valence-electron chi connectivity index (χ4n) is 3.49. The van der Waals surface area contributed by atoms with Crippen LogP contribution in [0.5, 0.6) is 5.75 Å². The summed E-state index contributed by atoms with van der Waals surface area (Å²) in [5.41, 5.74) is 1.43. The maximum atomic E-state index is 14.7. The SMILES string of the molecule is COc1ccc(-n2cc3c(=O)n(-c4ccc(Br)cc4)c(-c4ccccc4F)nc3n2)cc1. The average molecular weight is 491 g/mol. The highest BCUT2D eigenvalue weighted by atomic mass is 79.9. The molecule has 0 aliphatic carbocycles. The monoisotopic (exact) mass is 490 g/mol. The molecule has 6 nitrogen and oxygen atoms in total. The van der Waals surface area contributed by atoms with Crippen molar-refractivity contribution in [3.63, 3.8) is 0 Å². The van der Waals surface area contributed by atoms with Gasteiger partial charge >= 0.3 is 0 Å². The van der Waals surface area contributed by atoms with E-state index in [4.69, 9.17) is 4.74 Å². The molecule has 0 atom stereocenters. The number of hydrogen-bond donors (Lipinski definition) is 0. The summed E-state index contributed by atoms with van der Waals surface area (Å²) in [5, 5.41) is 4.81. The highest BCUT2D eigenvalue weighted by Gasteiger charge is 2.19. The second kappa shape index (κ2) is 8.05. The fraction of sp³-hybridized carbons (Fsp3) is 0.0417. The molecule has 2 aromatic heterocycles. The minimum Gasteiger partial charge on any atom is -0.497 e. The van der Waals surface area contributed by atoms with Crippen LogP contribution < -0.4 is 10.3 Å². The van der Waals surface area contributed by atoms with Crippen LogP contribution in [0.2, 0.25) is 0 Å². The van der Waals surface area contributed by atoms with E-state index >= 15 is 0 Å². The second-order valence-electron chi connectivity index (χ2n) is 7.04. The van der Waals surface area contributed by atoms with Crippen LogP contribution in [0.3, 0.4) is 0 Å². The molecule has 8 heteroatoms. The van der Waals surface area contributed by atoms with E-state index in [-0.39, 0.29) is 22.6 Å². The Morgan fingerprint density at radius 2 is 1.62 bits per heavy atom. The number of benzene rings is 3. The van der Waals surface area contributed by atoms with E-state index in [1.54, 1.807) is 60.5 Å². The van der Waals surface area contributed by atoms with Crippen molar-refractivity contribution >= 4 is 27.0 Å². The van der Waals surface area contributed by atoms with Crippen LogP contribution in [0, 0.1) is 5.82 Å². The van der Waals surface area contributed by atoms with Crippen molar-refractivity contribution in [2.75, 3.05) is 7.11 Å². The Bertz CT molecular complexity index is 1490. The first kappa shape index (κ1) is 20.1. The largest absolute Gasteiger partial charge is 0.497 e. The van der Waals surface area contributed by atoms with Gasteiger partial charge in [0, 0.05) is 10.7 Å². The third kappa shape index (κ3) is 3.48. The smallest absolute Gasteiger partial charge is 0.269 e.